The smallest absolute Gasteiger partial charge is 0.341 e. The number of benzene rings is 1. The van der Waals surface area contributed by atoms with Crippen LogP contribution in [-0.2, 0) is 4.74 Å². The Balaban J connectivity index is 2.37. The van der Waals surface area contributed by atoms with Crippen molar-refractivity contribution in [3.05, 3.63) is 47.1 Å². The van der Waals surface area contributed by atoms with Crippen LogP contribution in [0.4, 0.5) is 11.5 Å². The van der Waals surface area contributed by atoms with Gasteiger partial charge in [0.1, 0.15) is 11.4 Å². The average Bonchev–Trinajstić information content (AvgIpc) is 2.42. The van der Waals surface area contributed by atoms with Crippen LogP contribution in [0.15, 0.2) is 36.5 Å². The highest BCUT2D eigenvalue weighted by Crippen LogP contribution is 2.31. The maximum Gasteiger partial charge on any atom is 0.341 e. The summed E-state index contributed by atoms with van der Waals surface area (Å²) in [4.78, 5) is 15.5. The molecule has 0 bridgehead atoms. The minimum absolute atomic E-state index is 0.0690. The molecule has 0 spiro atoms. The maximum absolute atomic E-state index is 11.5. The number of para-hydroxylation sites is 1. The zero-order valence-corrected chi connectivity index (χ0v) is 10.8. The number of esters is 1. The van der Waals surface area contributed by atoms with Gasteiger partial charge in [-0.3, -0.25) is 0 Å². The van der Waals surface area contributed by atoms with Gasteiger partial charge >= 0.3 is 5.97 Å². The van der Waals surface area contributed by atoms with Crippen LogP contribution in [0, 0.1) is 0 Å². The third kappa shape index (κ3) is 2.77. The van der Waals surface area contributed by atoms with E-state index in [0.29, 0.717) is 16.5 Å². The van der Waals surface area contributed by atoms with Crippen molar-refractivity contribution in [2.24, 2.45) is 0 Å². The number of methoxy groups -OCH3 is 1. The molecular formula is C13H11ClN2O3. The second-order valence-corrected chi connectivity index (χ2v) is 4.06. The Bertz CT molecular complexity index is 617. The molecule has 0 saturated carbocycles. The molecule has 2 N–H and O–H groups in total. The second-order valence-electron chi connectivity index (χ2n) is 3.65. The molecule has 2 rings (SSSR count). The van der Waals surface area contributed by atoms with Crippen LogP contribution in [0.1, 0.15) is 10.4 Å². The van der Waals surface area contributed by atoms with Crippen LogP contribution < -0.4 is 5.32 Å². The van der Waals surface area contributed by atoms with Crippen molar-refractivity contribution in [3.63, 3.8) is 0 Å². The van der Waals surface area contributed by atoms with E-state index in [1.807, 2.05) is 0 Å². The molecule has 0 unspecified atom stereocenters. The Labute approximate surface area is 114 Å². The quantitative estimate of drug-likeness (QED) is 0.667. The molecular weight excluding hydrogens is 268 g/mol. The predicted molar refractivity (Wildman–Crippen MR) is 72.0 cm³/mol. The number of nitrogens with one attached hydrogen (secondary N) is 1. The van der Waals surface area contributed by atoms with Crippen molar-refractivity contribution < 1.29 is 14.6 Å². The van der Waals surface area contributed by atoms with Gasteiger partial charge in [-0.05, 0) is 24.3 Å². The zero-order valence-electron chi connectivity index (χ0n) is 10.1. The van der Waals surface area contributed by atoms with Crippen molar-refractivity contribution in [1.29, 1.82) is 0 Å². The Morgan fingerprint density at radius 2 is 2.16 bits per heavy atom. The summed E-state index contributed by atoms with van der Waals surface area (Å²) in [6, 6.07) is 8.04. The lowest BCUT2D eigenvalue weighted by atomic mass is 10.1. The lowest BCUT2D eigenvalue weighted by molar-refractivity contribution is 0.0597. The first kappa shape index (κ1) is 13.2. The summed E-state index contributed by atoms with van der Waals surface area (Å²) >= 11 is 5.96. The minimum Gasteiger partial charge on any atom is -0.505 e. The van der Waals surface area contributed by atoms with Crippen molar-refractivity contribution in [2.45, 2.75) is 0 Å². The Kier molecular flexibility index (Phi) is 3.87. The lowest BCUT2D eigenvalue weighted by Gasteiger charge is -2.11. The van der Waals surface area contributed by atoms with Gasteiger partial charge in [-0.1, -0.05) is 17.7 Å². The molecule has 1 aromatic heterocycles. The van der Waals surface area contributed by atoms with Gasteiger partial charge in [0.25, 0.3) is 0 Å². The molecule has 19 heavy (non-hydrogen) atoms. The number of ether oxygens (including phenoxy) is 1. The fourth-order valence-corrected chi connectivity index (χ4v) is 1.69. The molecule has 5 nitrogen and oxygen atoms in total. The number of aromatic hydroxyl groups is 1. The highest BCUT2D eigenvalue weighted by molar-refractivity contribution is 6.33. The van der Waals surface area contributed by atoms with E-state index in [2.05, 4.69) is 15.0 Å². The van der Waals surface area contributed by atoms with Gasteiger partial charge in [0.2, 0.25) is 0 Å². The number of nitrogens with zero attached hydrogens (tertiary/aromatic N) is 1. The molecule has 0 atom stereocenters. The summed E-state index contributed by atoms with van der Waals surface area (Å²) in [5, 5.41) is 13.3. The minimum atomic E-state index is -0.617. The molecule has 0 fully saturated rings. The number of phenolic OH excluding ortho intramolecular Hbond substituents is 1. The number of hydrogen-bond acceptors (Lipinski definition) is 5. The Morgan fingerprint density at radius 1 is 1.37 bits per heavy atom. The number of carbonyl (C=O) groups is 1. The first-order valence-electron chi connectivity index (χ1n) is 5.41. The summed E-state index contributed by atoms with van der Waals surface area (Å²) < 4.78 is 4.58. The van der Waals surface area contributed by atoms with Gasteiger partial charge in [-0.25, -0.2) is 9.78 Å². The van der Waals surface area contributed by atoms with Gasteiger partial charge < -0.3 is 15.2 Å². The van der Waals surface area contributed by atoms with E-state index < -0.39 is 5.97 Å². The van der Waals surface area contributed by atoms with E-state index in [4.69, 9.17) is 11.6 Å². The molecule has 2 aromatic rings. The first-order valence-corrected chi connectivity index (χ1v) is 5.79. The fraction of sp³-hybridized carbons (Fsp3) is 0.0769. The molecule has 98 valence electrons. The van der Waals surface area contributed by atoms with Crippen molar-refractivity contribution in [1.82, 2.24) is 4.98 Å². The monoisotopic (exact) mass is 278 g/mol. The summed E-state index contributed by atoms with van der Waals surface area (Å²) in [7, 11) is 1.25. The summed E-state index contributed by atoms with van der Waals surface area (Å²) in [5.74, 6) is -0.439. The van der Waals surface area contributed by atoms with Crippen molar-refractivity contribution in [3.8, 4) is 5.75 Å². The number of rotatable bonds is 3. The number of anilines is 2. The second kappa shape index (κ2) is 5.58. The third-order valence-corrected chi connectivity index (χ3v) is 2.76. The van der Waals surface area contributed by atoms with Gasteiger partial charge in [0, 0.05) is 6.20 Å². The Hall–Kier alpha value is -2.27. The first-order chi connectivity index (χ1) is 9.13. The topological polar surface area (TPSA) is 71.5 Å². The van der Waals surface area contributed by atoms with E-state index in [1.54, 1.807) is 30.5 Å². The number of halogens is 1. The van der Waals surface area contributed by atoms with Crippen LogP contribution >= 0.6 is 11.6 Å². The number of aromatic nitrogens is 1. The van der Waals surface area contributed by atoms with Gasteiger partial charge in [0.15, 0.2) is 5.75 Å². The average molecular weight is 279 g/mol. The molecule has 0 aliphatic heterocycles. The molecule has 0 amide bonds. The van der Waals surface area contributed by atoms with Crippen LogP contribution in [0.3, 0.4) is 0 Å². The molecule has 1 heterocycles. The number of carbonyl (C=O) groups excluding carboxylic acids is 1. The van der Waals surface area contributed by atoms with Crippen molar-refractivity contribution in [2.75, 3.05) is 12.4 Å². The van der Waals surface area contributed by atoms with Gasteiger partial charge in [-0.15, -0.1) is 0 Å². The predicted octanol–water partition coefficient (Wildman–Crippen LogP) is 2.97. The van der Waals surface area contributed by atoms with Crippen LogP contribution in [0.2, 0.25) is 5.02 Å². The number of hydrogen-bond donors (Lipinski definition) is 2. The van der Waals surface area contributed by atoms with Gasteiger partial charge in [0.05, 0.1) is 17.8 Å². The van der Waals surface area contributed by atoms with Crippen LogP contribution in [-0.4, -0.2) is 23.2 Å². The van der Waals surface area contributed by atoms with Crippen LogP contribution in [0.25, 0.3) is 0 Å². The summed E-state index contributed by atoms with van der Waals surface area (Å²) in [6.07, 6.45) is 1.56. The molecule has 6 heteroatoms. The maximum atomic E-state index is 11.5. The molecule has 0 radical (unpaired) electrons. The van der Waals surface area contributed by atoms with E-state index in [0.717, 1.165) is 0 Å². The third-order valence-electron chi connectivity index (χ3n) is 2.45. The standard InChI is InChI=1S/C13H11ClN2O3/c1-19-13(18)8-4-2-6-10(11(8)17)16-12-9(14)5-3-7-15-12/h2-7,17H,1H3,(H,15,16). The highest BCUT2D eigenvalue weighted by atomic mass is 35.5. The molecule has 0 aliphatic carbocycles. The van der Waals surface area contributed by atoms with Crippen LogP contribution in [0.5, 0.6) is 5.75 Å². The summed E-state index contributed by atoms with van der Waals surface area (Å²) in [6.45, 7) is 0. The molecule has 0 saturated heterocycles. The largest absolute Gasteiger partial charge is 0.505 e. The Morgan fingerprint density at radius 3 is 2.84 bits per heavy atom. The zero-order chi connectivity index (χ0) is 13.8. The van der Waals surface area contributed by atoms with Crippen molar-refractivity contribution >= 4 is 29.1 Å². The van der Waals surface area contributed by atoms with E-state index >= 15 is 0 Å². The molecule has 1 aromatic carbocycles. The highest BCUT2D eigenvalue weighted by Gasteiger charge is 2.15. The number of phenols is 1. The SMILES string of the molecule is COC(=O)c1cccc(Nc2ncccc2Cl)c1O. The van der Waals surface area contributed by atoms with E-state index in [-0.39, 0.29) is 11.3 Å². The fourth-order valence-electron chi connectivity index (χ4n) is 1.52. The molecule has 0 aliphatic rings. The normalized spacial score (nSPS) is 10.0. The van der Waals surface area contributed by atoms with E-state index in [1.165, 1.54) is 13.2 Å². The van der Waals surface area contributed by atoms with Gasteiger partial charge in [-0.2, -0.15) is 0 Å². The number of pyridine rings is 1. The lowest BCUT2D eigenvalue weighted by Crippen LogP contribution is -2.03. The van der Waals surface area contributed by atoms with E-state index in [9.17, 15) is 9.90 Å². The summed E-state index contributed by atoms with van der Waals surface area (Å²) in [5.41, 5.74) is 0.392.